The fraction of sp³-hybridized carbons (Fsp3) is 0.200. The van der Waals surface area contributed by atoms with E-state index in [2.05, 4.69) is 34.7 Å². The van der Waals surface area contributed by atoms with Gasteiger partial charge in [0.1, 0.15) is 0 Å². The average Bonchev–Trinajstić information content (AvgIpc) is 3.12. The quantitative estimate of drug-likeness (QED) is 0.625. The monoisotopic (exact) mass is 335 g/mol. The van der Waals surface area contributed by atoms with Crippen LogP contribution in [-0.2, 0) is 9.59 Å². The molecule has 0 spiro atoms. The summed E-state index contributed by atoms with van der Waals surface area (Å²) in [5.74, 6) is -0.952. The van der Waals surface area contributed by atoms with Gasteiger partial charge in [-0.25, -0.2) is 0 Å². The molecule has 0 unspecified atom stereocenters. The number of aromatic nitrogens is 1. The first kappa shape index (κ1) is 16.8. The summed E-state index contributed by atoms with van der Waals surface area (Å²) in [5.41, 5.74) is 2.76. The molecule has 3 rings (SSSR count). The zero-order valence-corrected chi connectivity index (χ0v) is 14.1. The Morgan fingerprint density at radius 3 is 2.60 bits per heavy atom. The number of carbonyl (C=O) groups is 2. The van der Waals surface area contributed by atoms with Crippen molar-refractivity contribution >= 4 is 28.4 Å². The Labute approximate surface area is 146 Å². The van der Waals surface area contributed by atoms with Crippen molar-refractivity contribution in [1.29, 1.82) is 0 Å². The molecule has 25 heavy (non-hydrogen) atoms. The van der Waals surface area contributed by atoms with Gasteiger partial charge in [-0.15, -0.1) is 0 Å². The summed E-state index contributed by atoms with van der Waals surface area (Å²) in [4.78, 5) is 27.2. The Hall–Kier alpha value is -3.08. The topological polar surface area (TPSA) is 74.0 Å². The van der Waals surface area contributed by atoms with Crippen LogP contribution >= 0.6 is 0 Å². The molecular weight excluding hydrogens is 314 g/mol. The maximum atomic E-state index is 12.1. The normalized spacial score (nSPS) is 11.9. The first-order valence-corrected chi connectivity index (χ1v) is 8.35. The number of nitrogens with one attached hydrogen (secondary N) is 3. The van der Waals surface area contributed by atoms with E-state index >= 15 is 0 Å². The third-order valence-electron chi connectivity index (χ3n) is 4.28. The molecule has 0 saturated carbocycles. The molecule has 1 aromatic heterocycles. The van der Waals surface area contributed by atoms with E-state index in [1.807, 2.05) is 36.4 Å². The molecule has 0 radical (unpaired) electrons. The van der Waals surface area contributed by atoms with Gasteiger partial charge < -0.3 is 15.6 Å². The van der Waals surface area contributed by atoms with Gasteiger partial charge in [0, 0.05) is 23.6 Å². The fourth-order valence-electron chi connectivity index (χ4n) is 2.80. The molecule has 1 atom stereocenters. The lowest BCUT2D eigenvalue weighted by atomic mass is 9.98. The van der Waals surface area contributed by atoms with Crippen LogP contribution in [0.3, 0.4) is 0 Å². The fourth-order valence-corrected chi connectivity index (χ4v) is 2.80. The van der Waals surface area contributed by atoms with Gasteiger partial charge in [-0.1, -0.05) is 43.3 Å². The Morgan fingerprint density at radius 1 is 1.00 bits per heavy atom. The number of benzene rings is 2. The number of fused-ring (bicyclic) bond motifs is 1. The second-order valence-corrected chi connectivity index (χ2v) is 6.05. The lowest BCUT2D eigenvalue weighted by molar-refractivity contribution is -0.136. The predicted molar refractivity (Wildman–Crippen MR) is 99.4 cm³/mol. The molecule has 2 amide bonds. The largest absolute Gasteiger partial charge is 0.361 e. The maximum absolute atomic E-state index is 12.1. The minimum atomic E-state index is -0.652. The lowest BCUT2D eigenvalue weighted by Crippen LogP contribution is -2.36. The highest BCUT2D eigenvalue weighted by Gasteiger charge is 2.15. The van der Waals surface area contributed by atoms with Crippen LogP contribution in [0.5, 0.6) is 0 Å². The smallest absolute Gasteiger partial charge is 0.313 e. The van der Waals surface area contributed by atoms with Crippen molar-refractivity contribution in [3.63, 3.8) is 0 Å². The zero-order chi connectivity index (χ0) is 17.6. The highest BCUT2D eigenvalue weighted by Crippen LogP contribution is 2.22. The van der Waals surface area contributed by atoms with Gasteiger partial charge in [0.05, 0.1) is 5.69 Å². The number of hydrogen-bond acceptors (Lipinski definition) is 2. The molecule has 5 heteroatoms. The summed E-state index contributed by atoms with van der Waals surface area (Å²) in [6.45, 7) is 2.56. The molecule has 2 aromatic carbocycles. The molecule has 5 nitrogen and oxygen atoms in total. The van der Waals surface area contributed by atoms with Crippen LogP contribution in [0.1, 0.15) is 24.8 Å². The first-order valence-electron chi connectivity index (χ1n) is 8.35. The van der Waals surface area contributed by atoms with Gasteiger partial charge >= 0.3 is 11.8 Å². The van der Waals surface area contributed by atoms with Gasteiger partial charge in [0.2, 0.25) is 0 Å². The third kappa shape index (κ3) is 4.07. The van der Waals surface area contributed by atoms with E-state index in [0.717, 1.165) is 17.3 Å². The number of anilines is 1. The van der Waals surface area contributed by atoms with Crippen molar-refractivity contribution in [3.05, 3.63) is 66.4 Å². The van der Waals surface area contributed by atoms with Crippen LogP contribution in [0.15, 0.2) is 60.8 Å². The summed E-state index contributed by atoms with van der Waals surface area (Å²) in [5, 5.41) is 6.23. The molecule has 3 N–H and O–H groups in total. The summed E-state index contributed by atoms with van der Waals surface area (Å²) >= 11 is 0. The van der Waals surface area contributed by atoms with Crippen molar-refractivity contribution in [1.82, 2.24) is 10.3 Å². The van der Waals surface area contributed by atoms with E-state index in [0.29, 0.717) is 18.2 Å². The first-order chi connectivity index (χ1) is 12.1. The summed E-state index contributed by atoms with van der Waals surface area (Å²) in [7, 11) is 0. The molecule has 0 saturated heterocycles. The lowest BCUT2D eigenvalue weighted by Gasteiger charge is -2.12. The molecule has 0 bridgehead atoms. The minimum Gasteiger partial charge on any atom is -0.361 e. The van der Waals surface area contributed by atoms with E-state index in [9.17, 15) is 9.59 Å². The summed E-state index contributed by atoms with van der Waals surface area (Å²) < 4.78 is 0. The number of rotatable bonds is 5. The van der Waals surface area contributed by atoms with Crippen LogP contribution < -0.4 is 10.6 Å². The van der Waals surface area contributed by atoms with Gasteiger partial charge in [-0.05, 0) is 36.1 Å². The molecule has 0 fully saturated rings. The van der Waals surface area contributed by atoms with Crippen molar-refractivity contribution in [3.8, 4) is 0 Å². The van der Waals surface area contributed by atoms with Crippen molar-refractivity contribution < 1.29 is 9.59 Å². The maximum Gasteiger partial charge on any atom is 0.313 e. The van der Waals surface area contributed by atoms with E-state index < -0.39 is 11.8 Å². The third-order valence-corrected chi connectivity index (χ3v) is 4.28. The molecule has 1 heterocycles. The highest BCUT2D eigenvalue weighted by molar-refractivity contribution is 6.40. The molecule has 128 valence electrons. The summed E-state index contributed by atoms with van der Waals surface area (Å²) in [6.07, 6.45) is 2.57. The number of amides is 2. The second-order valence-electron chi connectivity index (χ2n) is 6.05. The number of hydrogen-bond donors (Lipinski definition) is 3. The van der Waals surface area contributed by atoms with E-state index in [4.69, 9.17) is 0 Å². The van der Waals surface area contributed by atoms with E-state index in [1.54, 1.807) is 12.3 Å². The van der Waals surface area contributed by atoms with Crippen molar-refractivity contribution in [2.45, 2.75) is 19.3 Å². The second kappa shape index (κ2) is 7.66. The van der Waals surface area contributed by atoms with E-state index in [1.165, 1.54) is 5.56 Å². The van der Waals surface area contributed by atoms with Gasteiger partial charge in [-0.2, -0.15) is 0 Å². The standard InChI is InChI=1S/C20H21N3O2/c1-14(15-6-3-2-4-7-15)10-12-22-19(24)20(25)23-18-9-5-8-17-16(18)11-13-21-17/h2-9,11,13-14,21H,10,12H2,1H3,(H,22,24)(H,23,25)/t14-/m1/s1. The van der Waals surface area contributed by atoms with Crippen LogP contribution in [0, 0.1) is 0 Å². The van der Waals surface area contributed by atoms with Gasteiger partial charge in [-0.3, -0.25) is 9.59 Å². The Bertz CT molecular complexity index is 871. The van der Waals surface area contributed by atoms with E-state index in [-0.39, 0.29) is 0 Å². The molecule has 0 aliphatic rings. The van der Waals surface area contributed by atoms with Crippen molar-refractivity contribution in [2.75, 3.05) is 11.9 Å². The Morgan fingerprint density at radius 2 is 1.80 bits per heavy atom. The molecular formula is C20H21N3O2. The van der Waals surface area contributed by atoms with Crippen LogP contribution in [-0.4, -0.2) is 23.3 Å². The molecule has 0 aliphatic carbocycles. The highest BCUT2D eigenvalue weighted by atomic mass is 16.2. The SMILES string of the molecule is C[C@H](CCNC(=O)C(=O)Nc1cccc2[nH]ccc12)c1ccccc1. The Kier molecular flexibility index (Phi) is 5.14. The van der Waals surface area contributed by atoms with Crippen molar-refractivity contribution in [2.24, 2.45) is 0 Å². The van der Waals surface area contributed by atoms with Gasteiger partial charge in [0.15, 0.2) is 0 Å². The van der Waals surface area contributed by atoms with Crippen LogP contribution in [0.4, 0.5) is 5.69 Å². The average molecular weight is 335 g/mol. The van der Waals surface area contributed by atoms with Crippen LogP contribution in [0.2, 0.25) is 0 Å². The Balaban J connectivity index is 1.51. The number of H-pyrrole nitrogens is 1. The molecule has 0 aliphatic heterocycles. The number of carbonyl (C=O) groups excluding carboxylic acids is 2. The zero-order valence-electron chi connectivity index (χ0n) is 14.1. The van der Waals surface area contributed by atoms with Gasteiger partial charge in [0.25, 0.3) is 0 Å². The van der Waals surface area contributed by atoms with Crippen LogP contribution in [0.25, 0.3) is 10.9 Å². The minimum absolute atomic E-state index is 0.318. The predicted octanol–water partition coefficient (Wildman–Crippen LogP) is 3.42. The number of aromatic amines is 1. The molecule has 3 aromatic rings. The summed E-state index contributed by atoms with van der Waals surface area (Å²) in [6, 6.07) is 17.5.